The molecule has 0 unspecified atom stereocenters. The van der Waals surface area contributed by atoms with Gasteiger partial charge >= 0.3 is 5.69 Å². The number of hydrogen-bond acceptors (Lipinski definition) is 5. The van der Waals surface area contributed by atoms with E-state index < -0.39 is 0 Å². The van der Waals surface area contributed by atoms with Gasteiger partial charge in [-0.15, -0.1) is 0 Å². The van der Waals surface area contributed by atoms with Crippen LogP contribution in [0, 0.1) is 10.1 Å². The number of imidazole rings is 1. The number of hydrogen-bond donors (Lipinski definition) is 0. The molecular formula is C21H25N5O3. The molecule has 0 aliphatic carbocycles. The van der Waals surface area contributed by atoms with Crippen molar-refractivity contribution in [3.05, 3.63) is 69.1 Å². The average molecular weight is 395 g/mol. The fourth-order valence-electron chi connectivity index (χ4n) is 3.98. The van der Waals surface area contributed by atoms with Crippen LogP contribution in [0.3, 0.4) is 0 Å². The van der Waals surface area contributed by atoms with Gasteiger partial charge in [0.05, 0.1) is 22.6 Å². The summed E-state index contributed by atoms with van der Waals surface area (Å²) in [4.78, 5) is 27.9. The molecule has 1 fully saturated rings. The molecule has 0 amide bonds. The number of rotatable bonds is 6. The molecular weight excluding hydrogens is 370 g/mol. The van der Waals surface area contributed by atoms with Gasteiger partial charge in [-0.1, -0.05) is 19.1 Å². The highest BCUT2D eigenvalue weighted by atomic mass is 16.6. The fraction of sp³-hybridized carbons (Fsp3) is 0.381. The topological polar surface area (TPSA) is 76.5 Å². The zero-order chi connectivity index (χ0) is 20.4. The molecule has 2 heterocycles. The van der Waals surface area contributed by atoms with Crippen LogP contribution in [0.25, 0.3) is 11.0 Å². The van der Waals surface area contributed by atoms with Crippen molar-refractivity contribution in [2.45, 2.75) is 26.6 Å². The highest BCUT2D eigenvalue weighted by Gasteiger charge is 2.20. The van der Waals surface area contributed by atoms with Crippen LogP contribution in [0.15, 0.2) is 53.3 Å². The number of aryl methyl sites for hydroxylation is 1. The Labute approximate surface area is 168 Å². The smallest absolute Gasteiger partial charge is 0.330 e. The molecule has 2 aromatic carbocycles. The maximum atomic E-state index is 13.0. The van der Waals surface area contributed by atoms with Gasteiger partial charge in [-0.3, -0.25) is 24.1 Å². The first-order valence-corrected chi connectivity index (χ1v) is 9.98. The molecule has 1 aromatic heterocycles. The second-order valence-corrected chi connectivity index (χ2v) is 7.37. The lowest BCUT2D eigenvalue weighted by Gasteiger charge is -2.36. The zero-order valence-electron chi connectivity index (χ0n) is 16.5. The van der Waals surface area contributed by atoms with Gasteiger partial charge in [0.25, 0.3) is 5.69 Å². The van der Waals surface area contributed by atoms with Crippen LogP contribution in [-0.2, 0) is 13.2 Å². The number of benzene rings is 2. The minimum Gasteiger partial charge on any atom is -0.369 e. The number of piperazine rings is 1. The first-order chi connectivity index (χ1) is 14.1. The van der Waals surface area contributed by atoms with E-state index in [1.54, 1.807) is 24.3 Å². The van der Waals surface area contributed by atoms with E-state index in [1.807, 2.05) is 33.4 Å². The molecule has 29 heavy (non-hydrogen) atoms. The van der Waals surface area contributed by atoms with E-state index >= 15 is 0 Å². The van der Waals surface area contributed by atoms with E-state index in [9.17, 15) is 14.9 Å². The Morgan fingerprint density at radius 2 is 1.55 bits per heavy atom. The molecule has 1 saturated heterocycles. The predicted octanol–water partition coefficient (Wildman–Crippen LogP) is 2.90. The van der Waals surface area contributed by atoms with Gasteiger partial charge in [-0.05, 0) is 30.7 Å². The Kier molecular flexibility index (Phi) is 5.35. The second-order valence-electron chi connectivity index (χ2n) is 7.37. The third kappa shape index (κ3) is 3.75. The number of nitro benzene ring substituents is 1. The van der Waals surface area contributed by atoms with Crippen LogP contribution in [0.5, 0.6) is 0 Å². The minimum atomic E-state index is -0.381. The van der Waals surface area contributed by atoms with Crippen molar-refractivity contribution in [2.75, 3.05) is 31.1 Å². The molecule has 8 nitrogen and oxygen atoms in total. The molecule has 0 radical (unpaired) electrons. The van der Waals surface area contributed by atoms with Gasteiger partial charge in [0.15, 0.2) is 0 Å². The highest BCUT2D eigenvalue weighted by molar-refractivity contribution is 5.75. The normalized spacial score (nSPS) is 15.1. The molecule has 0 saturated carbocycles. The summed E-state index contributed by atoms with van der Waals surface area (Å²) in [5, 5.41) is 10.8. The number of anilines is 1. The van der Waals surface area contributed by atoms with Crippen molar-refractivity contribution in [2.24, 2.45) is 0 Å². The zero-order valence-corrected chi connectivity index (χ0v) is 16.5. The summed E-state index contributed by atoms with van der Waals surface area (Å²) in [5.74, 6) is 0. The summed E-state index contributed by atoms with van der Waals surface area (Å²) in [6, 6.07) is 14.7. The van der Waals surface area contributed by atoms with Gasteiger partial charge in [-0.2, -0.15) is 0 Å². The molecule has 1 aliphatic heterocycles. The molecule has 4 rings (SSSR count). The predicted molar refractivity (Wildman–Crippen MR) is 113 cm³/mol. The highest BCUT2D eigenvalue weighted by Crippen LogP contribution is 2.21. The lowest BCUT2D eigenvalue weighted by Crippen LogP contribution is -2.47. The Hall–Kier alpha value is -3.13. The van der Waals surface area contributed by atoms with Gasteiger partial charge in [0.1, 0.15) is 0 Å². The number of nitro groups is 1. The number of aromatic nitrogens is 2. The van der Waals surface area contributed by atoms with Crippen LogP contribution in [0.2, 0.25) is 0 Å². The quantitative estimate of drug-likeness (QED) is 0.474. The maximum absolute atomic E-state index is 13.0. The lowest BCUT2D eigenvalue weighted by atomic mass is 10.2. The van der Waals surface area contributed by atoms with Crippen LogP contribution in [0.1, 0.15) is 13.3 Å². The van der Waals surface area contributed by atoms with Crippen molar-refractivity contribution < 1.29 is 4.92 Å². The third-order valence-electron chi connectivity index (χ3n) is 5.51. The number of nitrogens with zero attached hydrogens (tertiary/aromatic N) is 5. The summed E-state index contributed by atoms with van der Waals surface area (Å²) in [6.07, 6.45) is 0.918. The largest absolute Gasteiger partial charge is 0.369 e. The fourth-order valence-corrected chi connectivity index (χ4v) is 3.98. The first kappa shape index (κ1) is 19.2. The Morgan fingerprint density at radius 1 is 0.931 bits per heavy atom. The minimum absolute atomic E-state index is 0.0471. The Bertz CT molecular complexity index is 1060. The van der Waals surface area contributed by atoms with Crippen molar-refractivity contribution in [1.82, 2.24) is 14.0 Å². The summed E-state index contributed by atoms with van der Waals surface area (Å²) < 4.78 is 3.73. The first-order valence-electron chi connectivity index (χ1n) is 9.98. The lowest BCUT2D eigenvalue weighted by molar-refractivity contribution is -0.384. The summed E-state index contributed by atoms with van der Waals surface area (Å²) >= 11 is 0. The summed E-state index contributed by atoms with van der Waals surface area (Å²) in [5.41, 5.74) is 3.11. The van der Waals surface area contributed by atoms with Gasteiger partial charge in [-0.25, -0.2) is 4.79 Å². The van der Waals surface area contributed by atoms with Crippen LogP contribution in [-0.4, -0.2) is 45.1 Å². The Morgan fingerprint density at radius 3 is 2.14 bits per heavy atom. The molecule has 1 aliphatic rings. The molecule has 152 valence electrons. The molecule has 0 atom stereocenters. The summed E-state index contributed by atoms with van der Waals surface area (Å²) in [6.45, 7) is 6.67. The number of para-hydroxylation sites is 2. The molecule has 0 spiro atoms. The molecule has 0 bridgehead atoms. The van der Waals surface area contributed by atoms with E-state index in [0.717, 1.165) is 55.9 Å². The van der Waals surface area contributed by atoms with Gasteiger partial charge in [0, 0.05) is 50.5 Å². The van der Waals surface area contributed by atoms with E-state index in [4.69, 9.17) is 0 Å². The van der Waals surface area contributed by atoms with Gasteiger partial charge in [0.2, 0.25) is 0 Å². The number of fused-ring (bicyclic) bond motifs is 1. The Balaban J connectivity index is 1.47. The maximum Gasteiger partial charge on any atom is 0.330 e. The third-order valence-corrected chi connectivity index (χ3v) is 5.51. The van der Waals surface area contributed by atoms with E-state index in [2.05, 4.69) is 16.7 Å². The molecule has 0 N–H and O–H groups in total. The molecule has 8 heteroatoms. The monoisotopic (exact) mass is 395 g/mol. The standard InChI is InChI=1S/C21H25N5O3/c1-2-11-24-19-5-3-4-6-20(19)25(21(24)27)16-22-12-14-23(15-13-22)17-7-9-18(10-8-17)26(28)29/h3-10H,2,11-16H2,1H3. The van der Waals surface area contributed by atoms with Crippen LogP contribution >= 0.6 is 0 Å². The van der Waals surface area contributed by atoms with E-state index in [-0.39, 0.29) is 16.3 Å². The van der Waals surface area contributed by atoms with Crippen molar-refractivity contribution in [1.29, 1.82) is 0 Å². The summed E-state index contributed by atoms with van der Waals surface area (Å²) in [7, 11) is 0. The van der Waals surface area contributed by atoms with E-state index in [1.165, 1.54) is 0 Å². The number of non-ortho nitro benzene ring substituents is 1. The van der Waals surface area contributed by atoms with Gasteiger partial charge < -0.3 is 4.90 Å². The average Bonchev–Trinajstić information content (AvgIpc) is 3.01. The van der Waals surface area contributed by atoms with Crippen molar-refractivity contribution >= 4 is 22.4 Å². The van der Waals surface area contributed by atoms with Crippen molar-refractivity contribution in [3.8, 4) is 0 Å². The van der Waals surface area contributed by atoms with Crippen molar-refractivity contribution in [3.63, 3.8) is 0 Å². The van der Waals surface area contributed by atoms with Crippen LogP contribution < -0.4 is 10.6 Å². The second kappa shape index (κ2) is 8.08. The van der Waals surface area contributed by atoms with E-state index in [0.29, 0.717) is 6.67 Å². The van der Waals surface area contributed by atoms with Crippen LogP contribution in [0.4, 0.5) is 11.4 Å². The molecule has 3 aromatic rings. The SMILES string of the molecule is CCCn1c(=O)n(CN2CCN(c3ccc([N+](=O)[O-])cc3)CC2)c2ccccc21.